The monoisotopic (exact) mass is 691 g/mol. The summed E-state index contributed by atoms with van der Waals surface area (Å²) >= 11 is 1.69. The molecule has 0 fully saturated rings. The molecule has 0 radical (unpaired) electrons. The Morgan fingerprint density at radius 2 is 1.69 bits per heavy atom. The van der Waals surface area contributed by atoms with Crippen LogP contribution in [0.15, 0.2) is 107 Å². The summed E-state index contributed by atoms with van der Waals surface area (Å²) in [7, 11) is 1.99. The van der Waals surface area contributed by atoms with Gasteiger partial charge in [-0.05, 0) is 67.6 Å². The van der Waals surface area contributed by atoms with Crippen molar-refractivity contribution in [2.75, 3.05) is 32.1 Å². The van der Waals surface area contributed by atoms with Crippen molar-refractivity contribution in [3.05, 3.63) is 119 Å². The lowest BCUT2D eigenvalue weighted by molar-refractivity contribution is -0.137. The van der Waals surface area contributed by atoms with Crippen molar-refractivity contribution in [1.82, 2.24) is 9.80 Å². The summed E-state index contributed by atoms with van der Waals surface area (Å²) in [4.78, 5) is 33.0. The average Bonchev–Trinajstić information content (AvgIpc) is 3.07. The van der Waals surface area contributed by atoms with Gasteiger partial charge in [0, 0.05) is 35.3 Å². The predicted molar refractivity (Wildman–Crippen MR) is 185 cm³/mol. The zero-order chi connectivity index (χ0) is 35.1. The fourth-order valence-corrected chi connectivity index (χ4v) is 6.61. The van der Waals surface area contributed by atoms with E-state index in [-0.39, 0.29) is 47.4 Å². The van der Waals surface area contributed by atoms with Crippen LogP contribution in [0.25, 0.3) is 0 Å². The summed E-state index contributed by atoms with van der Waals surface area (Å²) in [5.41, 5.74) is 0.950. The molecule has 258 valence electrons. The maximum Gasteiger partial charge on any atom is 0.416 e. The number of para-hydroxylation sites is 1. The molecule has 1 aliphatic rings. The zero-order valence-electron chi connectivity index (χ0n) is 27.6. The number of alkyl halides is 3. The molecule has 4 aromatic rings. The average molecular weight is 692 g/mol. The van der Waals surface area contributed by atoms with Gasteiger partial charge >= 0.3 is 6.18 Å². The van der Waals surface area contributed by atoms with Gasteiger partial charge in [-0.3, -0.25) is 14.5 Å². The van der Waals surface area contributed by atoms with E-state index in [4.69, 9.17) is 4.74 Å². The van der Waals surface area contributed by atoms with Crippen LogP contribution in [0.5, 0.6) is 5.75 Å². The van der Waals surface area contributed by atoms with Crippen molar-refractivity contribution < 1.29 is 32.6 Å². The molecule has 0 saturated carbocycles. The van der Waals surface area contributed by atoms with Crippen LogP contribution in [0, 0.1) is 5.92 Å². The van der Waals surface area contributed by atoms with Crippen molar-refractivity contribution in [1.29, 1.82) is 0 Å². The summed E-state index contributed by atoms with van der Waals surface area (Å²) < 4.78 is 46.4. The molecule has 5 rings (SSSR count). The summed E-state index contributed by atoms with van der Waals surface area (Å²) in [5, 5.41) is 12.8. The first-order valence-corrected chi connectivity index (χ1v) is 16.9. The Hall–Kier alpha value is -4.32. The molecule has 11 heteroatoms. The van der Waals surface area contributed by atoms with Crippen LogP contribution in [-0.2, 0) is 23.9 Å². The third-order valence-electron chi connectivity index (χ3n) is 8.43. The van der Waals surface area contributed by atoms with Crippen LogP contribution in [0.2, 0.25) is 0 Å². The van der Waals surface area contributed by atoms with Gasteiger partial charge in [0.05, 0.1) is 35.9 Å². The zero-order valence-corrected chi connectivity index (χ0v) is 28.4. The number of carbonyl (C=O) groups is 2. The number of rotatable bonds is 11. The van der Waals surface area contributed by atoms with Crippen LogP contribution >= 0.6 is 11.8 Å². The third-order valence-corrected chi connectivity index (χ3v) is 9.45. The number of likely N-dealkylation sites (N-methyl/N-ethyl adjacent to an activating group) is 1. The summed E-state index contributed by atoms with van der Waals surface area (Å²) in [6, 6.07) is 27.6. The fraction of sp³-hybridized carbons (Fsp3) is 0.316. The molecule has 3 atom stereocenters. The fourth-order valence-electron chi connectivity index (χ4n) is 5.77. The second-order valence-electron chi connectivity index (χ2n) is 12.5. The molecule has 49 heavy (non-hydrogen) atoms. The van der Waals surface area contributed by atoms with E-state index in [0.29, 0.717) is 19.6 Å². The number of aliphatic hydroxyl groups excluding tert-OH is 1. The van der Waals surface area contributed by atoms with E-state index in [2.05, 4.69) is 46.6 Å². The summed E-state index contributed by atoms with van der Waals surface area (Å²) in [6.07, 6.45) is -5.25. The summed E-state index contributed by atoms with van der Waals surface area (Å²) in [6.45, 7) is 5.00. The van der Waals surface area contributed by atoms with Gasteiger partial charge in [-0.25, -0.2) is 0 Å². The first-order valence-electron chi connectivity index (χ1n) is 16.1. The molecule has 7 nitrogen and oxygen atoms in total. The quantitative estimate of drug-likeness (QED) is 0.171. The number of amides is 2. The van der Waals surface area contributed by atoms with E-state index in [1.165, 1.54) is 12.1 Å². The number of carbonyl (C=O) groups excluding carboxylic acids is 2. The largest absolute Gasteiger partial charge is 0.486 e. The lowest BCUT2D eigenvalue weighted by Gasteiger charge is -2.38. The molecule has 0 bridgehead atoms. The number of nitrogens with one attached hydrogen (secondary N) is 1. The van der Waals surface area contributed by atoms with E-state index in [1.807, 2.05) is 32.2 Å². The van der Waals surface area contributed by atoms with Crippen LogP contribution in [0.4, 0.5) is 18.9 Å². The number of nitrogens with zero attached hydrogens (tertiary/aromatic N) is 2. The van der Waals surface area contributed by atoms with Crippen LogP contribution < -0.4 is 10.1 Å². The number of hydrogen-bond donors (Lipinski definition) is 2. The number of benzene rings is 4. The minimum Gasteiger partial charge on any atom is -0.486 e. The number of aliphatic hydroxyl groups is 1. The highest BCUT2D eigenvalue weighted by Gasteiger charge is 2.35. The van der Waals surface area contributed by atoms with Gasteiger partial charge in [0.25, 0.3) is 5.91 Å². The number of hydrogen-bond acceptors (Lipinski definition) is 6. The Balaban J connectivity index is 1.35. The van der Waals surface area contributed by atoms with E-state index < -0.39 is 29.8 Å². The molecule has 0 aliphatic carbocycles. The van der Waals surface area contributed by atoms with E-state index in [9.17, 15) is 27.9 Å². The van der Waals surface area contributed by atoms with E-state index in [1.54, 1.807) is 41.8 Å². The molecule has 4 aromatic carbocycles. The molecule has 1 aliphatic heterocycles. The normalized spacial score (nSPS) is 17.1. The molecule has 0 saturated heterocycles. The van der Waals surface area contributed by atoms with Gasteiger partial charge in [-0.15, -0.1) is 0 Å². The highest BCUT2D eigenvalue weighted by atomic mass is 32.2. The maximum absolute atomic E-state index is 13.8. The van der Waals surface area contributed by atoms with Crippen molar-refractivity contribution in [3.8, 4) is 5.75 Å². The standard InChI is InChI=1S/C38H40F3N3O4S/c1-25-21-44(26(2)24-45)37(47)32-13-8-14-33(42-35(46)20-28-9-7-10-29(19-28)38(39,40)41)36(32)48-34(25)23-43(3)22-27-15-17-31(18-16-27)49-30-11-5-4-6-12-30/h4-19,25-26,34,45H,20-24H2,1-3H3,(H,42,46)/t25-,26+,34-/m1/s1. The Bertz CT molecular complexity index is 1740. The molecule has 1 heterocycles. The smallest absolute Gasteiger partial charge is 0.416 e. The number of ether oxygens (including phenoxy) is 1. The second-order valence-corrected chi connectivity index (χ2v) is 13.6. The molecule has 0 aromatic heterocycles. The maximum atomic E-state index is 13.8. The number of halogens is 3. The Morgan fingerprint density at radius 1 is 1.00 bits per heavy atom. The SMILES string of the molecule is C[C@@H]1CN([C@@H](C)CO)C(=O)c2cccc(NC(=O)Cc3cccc(C(F)(F)F)c3)c2O[C@@H]1CN(C)Cc1ccc(Sc2ccccc2)cc1. The minimum atomic E-state index is -4.53. The van der Waals surface area contributed by atoms with Crippen molar-refractivity contribution in [2.24, 2.45) is 5.92 Å². The van der Waals surface area contributed by atoms with Gasteiger partial charge < -0.3 is 20.1 Å². The van der Waals surface area contributed by atoms with Crippen molar-refractivity contribution in [3.63, 3.8) is 0 Å². The molecular weight excluding hydrogens is 651 g/mol. The Labute approximate surface area is 289 Å². The molecule has 0 spiro atoms. The van der Waals surface area contributed by atoms with Gasteiger partial charge in [0.15, 0.2) is 5.75 Å². The second kappa shape index (κ2) is 15.9. The number of fused-ring (bicyclic) bond motifs is 1. The van der Waals surface area contributed by atoms with Gasteiger partial charge in [0.1, 0.15) is 6.10 Å². The van der Waals surface area contributed by atoms with Crippen LogP contribution in [0.3, 0.4) is 0 Å². The van der Waals surface area contributed by atoms with Gasteiger partial charge in [-0.1, -0.05) is 73.3 Å². The highest BCUT2D eigenvalue weighted by molar-refractivity contribution is 7.99. The van der Waals surface area contributed by atoms with Crippen LogP contribution in [0.1, 0.15) is 40.9 Å². The van der Waals surface area contributed by atoms with Gasteiger partial charge in [0.2, 0.25) is 5.91 Å². The van der Waals surface area contributed by atoms with Crippen LogP contribution in [-0.4, -0.2) is 65.6 Å². The first-order chi connectivity index (χ1) is 23.4. The number of anilines is 1. The Kier molecular flexibility index (Phi) is 11.7. The lowest BCUT2D eigenvalue weighted by Crippen LogP contribution is -2.49. The Morgan fingerprint density at radius 3 is 2.39 bits per heavy atom. The lowest BCUT2D eigenvalue weighted by atomic mass is 9.98. The van der Waals surface area contributed by atoms with E-state index >= 15 is 0 Å². The van der Waals surface area contributed by atoms with Crippen molar-refractivity contribution >= 4 is 29.3 Å². The van der Waals surface area contributed by atoms with Crippen molar-refractivity contribution in [2.45, 2.75) is 54.9 Å². The van der Waals surface area contributed by atoms with Gasteiger partial charge in [-0.2, -0.15) is 13.2 Å². The first kappa shape index (κ1) is 36.0. The molecule has 2 amide bonds. The third kappa shape index (κ3) is 9.44. The summed E-state index contributed by atoms with van der Waals surface area (Å²) in [5.74, 6) is -0.876. The molecular formula is C38H40F3N3O4S. The molecule has 0 unspecified atom stereocenters. The highest BCUT2D eigenvalue weighted by Crippen LogP contribution is 2.36. The molecule has 2 N–H and O–H groups in total. The minimum absolute atomic E-state index is 0.160. The van der Waals surface area contributed by atoms with E-state index in [0.717, 1.165) is 27.5 Å². The topological polar surface area (TPSA) is 82.1 Å². The predicted octanol–water partition coefficient (Wildman–Crippen LogP) is 7.39.